The van der Waals surface area contributed by atoms with Gasteiger partial charge in [0.2, 0.25) is 0 Å². The molecule has 4 nitrogen and oxygen atoms in total. The van der Waals surface area contributed by atoms with Crippen LogP contribution in [0.1, 0.15) is 11.6 Å². The van der Waals surface area contributed by atoms with Crippen molar-refractivity contribution < 1.29 is 0 Å². The third-order valence-corrected chi connectivity index (χ3v) is 5.12. The molecule has 0 fully saturated rings. The van der Waals surface area contributed by atoms with Gasteiger partial charge in [-0.15, -0.1) is 0 Å². The molecule has 0 bridgehead atoms. The number of benzene rings is 3. The van der Waals surface area contributed by atoms with Crippen molar-refractivity contribution in [2.45, 2.75) is 13.8 Å². The van der Waals surface area contributed by atoms with Gasteiger partial charge in [0, 0.05) is 22.7 Å². The summed E-state index contributed by atoms with van der Waals surface area (Å²) in [6.45, 7) is 3.78. The second kappa shape index (κ2) is 7.48. The Morgan fingerprint density at radius 1 is 0.533 bits per heavy atom. The second-order valence-corrected chi connectivity index (χ2v) is 7.33. The van der Waals surface area contributed by atoms with Crippen LogP contribution in [0.5, 0.6) is 0 Å². The number of fused-ring (bicyclic) bond motifs is 1. The molecule has 2 aromatic heterocycles. The second-order valence-electron chi connectivity index (χ2n) is 7.33. The summed E-state index contributed by atoms with van der Waals surface area (Å²) in [5.74, 6) is 2.17. The molecule has 0 amide bonds. The number of hydrogen-bond acceptors (Lipinski definition) is 4. The van der Waals surface area contributed by atoms with Gasteiger partial charge in [0.15, 0.2) is 5.82 Å². The van der Waals surface area contributed by atoms with Gasteiger partial charge >= 0.3 is 0 Å². The van der Waals surface area contributed by atoms with Gasteiger partial charge in [-0.05, 0) is 42.5 Å². The number of nitrogens with zero attached hydrogens (tertiary/aromatic N) is 4. The fourth-order valence-corrected chi connectivity index (χ4v) is 3.66. The maximum absolute atomic E-state index is 4.63. The molecular formula is C26H20N4. The van der Waals surface area contributed by atoms with Gasteiger partial charge in [0.05, 0.1) is 5.69 Å². The lowest BCUT2D eigenvalue weighted by molar-refractivity contribution is 0.928. The first-order valence-corrected chi connectivity index (χ1v) is 9.91. The zero-order chi connectivity index (χ0) is 20.5. The zero-order valence-electron chi connectivity index (χ0n) is 16.9. The van der Waals surface area contributed by atoms with Crippen molar-refractivity contribution in [3.05, 3.63) is 96.7 Å². The van der Waals surface area contributed by atoms with E-state index in [-0.39, 0.29) is 0 Å². The summed E-state index contributed by atoms with van der Waals surface area (Å²) in [5.41, 5.74) is 5.33. The van der Waals surface area contributed by atoms with Gasteiger partial charge in [-0.1, -0.05) is 66.7 Å². The van der Waals surface area contributed by atoms with Crippen LogP contribution >= 0.6 is 0 Å². The van der Waals surface area contributed by atoms with Gasteiger partial charge in [-0.3, -0.25) is 4.98 Å². The van der Waals surface area contributed by atoms with Crippen LogP contribution in [-0.2, 0) is 0 Å². The van der Waals surface area contributed by atoms with Crippen LogP contribution in [0.15, 0.2) is 85.1 Å². The summed E-state index contributed by atoms with van der Waals surface area (Å²) >= 11 is 0. The lowest BCUT2D eigenvalue weighted by Gasteiger charge is -2.08. The summed E-state index contributed by atoms with van der Waals surface area (Å²) in [6, 6.07) is 27.2. The van der Waals surface area contributed by atoms with Crippen LogP contribution in [0.25, 0.3) is 44.5 Å². The maximum Gasteiger partial charge on any atom is 0.163 e. The molecule has 0 N–H and O–H groups in total. The molecule has 0 radical (unpaired) electrons. The maximum atomic E-state index is 4.63. The Kier molecular flexibility index (Phi) is 4.52. The molecule has 3 aromatic carbocycles. The lowest BCUT2D eigenvalue weighted by Crippen LogP contribution is -1.98. The average molecular weight is 388 g/mol. The molecule has 30 heavy (non-hydrogen) atoms. The summed E-state index contributed by atoms with van der Waals surface area (Å²) in [4.78, 5) is 17.9. The summed E-state index contributed by atoms with van der Waals surface area (Å²) < 4.78 is 0. The van der Waals surface area contributed by atoms with E-state index in [4.69, 9.17) is 0 Å². The molecule has 0 saturated carbocycles. The number of aromatic nitrogens is 4. The van der Waals surface area contributed by atoms with Crippen molar-refractivity contribution in [1.29, 1.82) is 0 Å². The molecule has 0 spiro atoms. The Labute approximate surface area is 175 Å². The normalized spacial score (nSPS) is 11.0. The van der Waals surface area contributed by atoms with Crippen LogP contribution in [0.2, 0.25) is 0 Å². The SMILES string of the molecule is Cc1nc(C)nc(-c2cccc(-c3ccc(-c4cc5ccccc5cn4)cc3)c2)n1. The summed E-state index contributed by atoms with van der Waals surface area (Å²) in [5, 5.41) is 2.35. The highest BCUT2D eigenvalue weighted by Crippen LogP contribution is 2.28. The van der Waals surface area contributed by atoms with E-state index in [1.165, 1.54) is 5.39 Å². The third-order valence-electron chi connectivity index (χ3n) is 5.12. The first-order valence-electron chi connectivity index (χ1n) is 9.91. The molecule has 5 rings (SSSR count). The Hall–Kier alpha value is -3.92. The molecule has 0 unspecified atom stereocenters. The van der Waals surface area contributed by atoms with Crippen LogP contribution in [-0.4, -0.2) is 19.9 Å². The highest BCUT2D eigenvalue weighted by atomic mass is 15.0. The van der Waals surface area contributed by atoms with Gasteiger partial charge in [0.25, 0.3) is 0 Å². The zero-order valence-corrected chi connectivity index (χ0v) is 16.9. The Balaban J connectivity index is 1.48. The molecule has 144 valence electrons. The van der Waals surface area contributed by atoms with E-state index in [9.17, 15) is 0 Å². The van der Waals surface area contributed by atoms with Crippen molar-refractivity contribution in [3.8, 4) is 33.8 Å². The molecule has 0 aliphatic carbocycles. The Morgan fingerprint density at radius 2 is 1.20 bits per heavy atom. The van der Waals surface area contributed by atoms with E-state index in [2.05, 4.69) is 80.6 Å². The average Bonchev–Trinajstić information content (AvgIpc) is 2.78. The quantitative estimate of drug-likeness (QED) is 0.378. The van der Waals surface area contributed by atoms with Crippen molar-refractivity contribution in [3.63, 3.8) is 0 Å². The molecule has 4 heteroatoms. The van der Waals surface area contributed by atoms with Gasteiger partial charge in [0.1, 0.15) is 11.6 Å². The minimum Gasteiger partial charge on any atom is -0.256 e. The first kappa shape index (κ1) is 18.1. The largest absolute Gasteiger partial charge is 0.256 e. The summed E-state index contributed by atoms with van der Waals surface area (Å²) in [6.07, 6.45) is 1.93. The topological polar surface area (TPSA) is 51.6 Å². The third kappa shape index (κ3) is 3.55. The predicted molar refractivity (Wildman–Crippen MR) is 121 cm³/mol. The van der Waals surface area contributed by atoms with Crippen LogP contribution in [0.4, 0.5) is 0 Å². The van der Waals surface area contributed by atoms with E-state index < -0.39 is 0 Å². The molecule has 0 saturated heterocycles. The standard InChI is InChI=1S/C26H20N4/c1-17-28-18(2)30-26(29-17)23-9-5-8-21(14-23)19-10-12-20(13-11-19)25-15-22-6-3-4-7-24(22)16-27-25/h3-16H,1-2H3. The first-order chi connectivity index (χ1) is 14.7. The monoisotopic (exact) mass is 388 g/mol. The van der Waals surface area contributed by atoms with Crippen LogP contribution in [0, 0.1) is 13.8 Å². The highest BCUT2D eigenvalue weighted by molar-refractivity contribution is 5.85. The van der Waals surface area contributed by atoms with Crippen molar-refractivity contribution in [2.24, 2.45) is 0 Å². The number of pyridine rings is 1. The van der Waals surface area contributed by atoms with Gasteiger partial charge in [-0.2, -0.15) is 0 Å². The molecule has 2 heterocycles. The van der Waals surface area contributed by atoms with E-state index in [1.807, 2.05) is 38.2 Å². The fraction of sp³-hybridized carbons (Fsp3) is 0.0769. The van der Waals surface area contributed by atoms with Crippen molar-refractivity contribution in [1.82, 2.24) is 19.9 Å². The van der Waals surface area contributed by atoms with Gasteiger partial charge < -0.3 is 0 Å². The van der Waals surface area contributed by atoms with E-state index >= 15 is 0 Å². The Morgan fingerprint density at radius 3 is 1.97 bits per heavy atom. The number of aryl methyl sites for hydroxylation is 2. The molecular weight excluding hydrogens is 368 g/mol. The molecule has 0 atom stereocenters. The molecule has 5 aromatic rings. The molecule has 0 aliphatic heterocycles. The summed E-state index contributed by atoms with van der Waals surface area (Å²) in [7, 11) is 0. The van der Waals surface area contributed by atoms with Crippen LogP contribution in [0.3, 0.4) is 0 Å². The lowest BCUT2D eigenvalue weighted by atomic mass is 10.00. The highest BCUT2D eigenvalue weighted by Gasteiger charge is 2.07. The fourth-order valence-electron chi connectivity index (χ4n) is 3.66. The smallest absolute Gasteiger partial charge is 0.163 e. The van der Waals surface area contributed by atoms with Crippen molar-refractivity contribution >= 4 is 10.8 Å². The number of rotatable bonds is 3. The van der Waals surface area contributed by atoms with E-state index in [0.717, 1.165) is 45.0 Å². The van der Waals surface area contributed by atoms with Crippen molar-refractivity contribution in [2.75, 3.05) is 0 Å². The number of hydrogen-bond donors (Lipinski definition) is 0. The minimum atomic E-state index is 0.707. The van der Waals surface area contributed by atoms with E-state index in [1.54, 1.807) is 0 Å². The van der Waals surface area contributed by atoms with Crippen LogP contribution < -0.4 is 0 Å². The minimum absolute atomic E-state index is 0.707. The Bertz CT molecular complexity index is 1340. The molecule has 0 aliphatic rings. The van der Waals surface area contributed by atoms with Gasteiger partial charge in [-0.25, -0.2) is 15.0 Å². The predicted octanol–water partition coefficient (Wildman–Crippen LogP) is 6.04. The van der Waals surface area contributed by atoms with E-state index in [0.29, 0.717) is 5.82 Å².